The quantitative estimate of drug-likeness (QED) is 0.526. The Morgan fingerprint density at radius 3 is 2.73 bits per heavy atom. The number of carbonyl (C=O) groups excluding carboxylic acids is 1. The Morgan fingerprint density at radius 2 is 2.20 bits per heavy atom. The van der Waals surface area contributed by atoms with E-state index >= 15 is 0 Å². The number of amides is 1. The SMILES string of the molecule is CCCNCC(=O)NCC(C)(O)CSC. The molecule has 0 heterocycles. The van der Waals surface area contributed by atoms with Crippen LogP contribution >= 0.6 is 11.8 Å². The van der Waals surface area contributed by atoms with Crippen molar-refractivity contribution in [1.82, 2.24) is 10.6 Å². The minimum Gasteiger partial charge on any atom is -0.387 e. The van der Waals surface area contributed by atoms with Gasteiger partial charge in [0.1, 0.15) is 0 Å². The summed E-state index contributed by atoms with van der Waals surface area (Å²) >= 11 is 1.56. The van der Waals surface area contributed by atoms with Crippen LogP contribution < -0.4 is 10.6 Å². The molecule has 0 fully saturated rings. The molecule has 0 rings (SSSR count). The molecule has 1 atom stereocenters. The fourth-order valence-corrected chi connectivity index (χ4v) is 1.82. The van der Waals surface area contributed by atoms with E-state index in [0.717, 1.165) is 13.0 Å². The first-order valence-corrected chi connectivity index (χ1v) is 6.60. The second-order valence-corrected chi connectivity index (χ2v) is 4.75. The minimum absolute atomic E-state index is 0.0650. The van der Waals surface area contributed by atoms with Gasteiger partial charge in [0.25, 0.3) is 0 Å². The maximum absolute atomic E-state index is 11.3. The van der Waals surface area contributed by atoms with Gasteiger partial charge in [-0.05, 0) is 26.1 Å². The van der Waals surface area contributed by atoms with Gasteiger partial charge in [0.05, 0.1) is 12.1 Å². The lowest BCUT2D eigenvalue weighted by Crippen LogP contribution is -2.45. The Kier molecular flexibility index (Phi) is 7.82. The van der Waals surface area contributed by atoms with E-state index in [1.54, 1.807) is 18.7 Å². The highest BCUT2D eigenvalue weighted by molar-refractivity contribution is 7.98. The third-order valence-corrected chi connectivity index (χ3v) is 2.74. The lowest BCUT2D eigenvalue weighted by molar-refractivity contribution is -0.121. The molecule has 0 spiro atoms. The molecule has 1 amide bonds. The molecule has 0 aromatic heterocycles. The molecule has 0 aliphatic rings. The summed E-state index contributed by atoms with van der Waals surface area (Å²) in [6, 6.07) is 0. The zero-order valence-corrected chi connectivity index (χ0v) is 10.6. The van der Waals surface area contributed by atoms with Crippen LogP contribution in [-0.4, -0.2) is 48.3 Å². The van der Waals surface area contributed by atoms with E-state index in [0.29, 0.717) is 18.8 Å². The second kappa shape index (κ2) is 7.96. The van der Waals surface area contributed by atoms with Crippen molar-refractivity contribution < 1.29 is 9.90 Å². The molecule has 4 nitrogen and oxygen atoms in total. The Hall–Kier alpha value is -0.260. The van der Waals surface area contributed by atoms with Crippen LogP contribution in [0, 0.1) is 0 Å². The maximum Gasteiger partial charge on any atom is 0.234 e. The van der Waals surface area contributed by atoms with Crippen molar-refractivity contribution in [2.24, 2.45) is 0 Å². The van der Waals surface area contributed by atoms with Gasteiger partial charge in [0.2, 0.25) is 5.91 Å². The lowest BCUT2D eigenvalue weighted by Gasteiger charge is -2.22. The van der Waals surface area contributed by atoms with Crippen LogP contribution in [0.1, 0.15) is 20.3 Å². The summed E-state index contributed by atoms with van der Waals surface area (Å²) in [7, 11) is 0. The Labute approximate surface area is 96.2 Å². The van der Waals surface area contributed by atoms with Crippen molar-refractivity contribution in [3.05, 3.63) is 0 Å². The van der Waals surface area contributed by atoms with Crippen LogP contribution in [0.25, 0.3) is 0 Å². The first kappa shape index (κ1) is 14.7. The highest BCUT2D eigenvalue weighted by Crippen LogP contribution is 2.08. The lowest BCUT2D eigenvalue weighted by atomic mass is 10.1. The number of hydrogen-bond acceptors (Lipinski definition) is 4. The van der Waals surface area contributed by atoms with Crippen LogP contribution in [0.4, 0.5) is 0 Å². The maximum atomic E-state index is 11.3. The van der Waals surface area contributed by atoms with Crippen LogP contribution in [0.3, 0.4) is 0 Å². The molecular formula is C10H22N2O2S. The molecule has 1 unspecified atom stereocenters. The summed E-state index contributed by atoms with van der Waals surface area (Å²) < 4.78 is 0. The molecule has 0 aliphatic carbocycles. The number of carbonyl (C=O) groups is 1. The van der Waals surface area contributed by atoms with Gasteiger partial charge < -0.3 is 15.7 Å². The third-order valence-electron chi connectivity index (χ3n) is 1.83. The third kappa shape index (κ3) is 8.72. The first-order valence-electron chi connectivity index (χ1n) is 5.20. The van der Waals surface area contributed by atoms with E-state index in [1.807, 2.05) is 13.2 Å². The molecule has 0 aliphatic heterocycles. The average molecular weight is 234 g/mol. The smallest absolute Gasteiger partial charge is 0.234 e. The molecular weight excluding hydrogens is 212 g/mol. The molecule has 0 aromatic rings. The van der Waals surface area contributed by atoms with Gasteiger partial charge in [-0.25, -0.2) is 0 Å². The summed E-state index contributed by atoms with van der Waals surface area (Å²) in [5.74, 6) is 0.556. The summed E-state index contributed by atoms with van der Waals surface area (Å²) in [5, 5.41) is 15.5. The van der Waals surface area contributed by atoms with Crippen molar-refractivity contribution in [3.8, 4) is 0 Å². The van der Waals surface area contributed by atoms with Gasteiger partial charge >= 0.3 is 0 Å². The predicted octanol–water partition coefficient (Wildman–Crippen LogP) is 0.216. The van der Waals surface area contributed by atoms with E-state index in [4.69, 9.17) is 0 Å². The van der Waals surface area contributed by atoms with Crippen molar-refractivity contribution in [2.45, 2.75) is 25.9 Å². The number of thioether (sulfide) groups is 1. The summed E-state index contributed by atoms with van der Waals surface area (Å²) in [5.41, 5.74) is -0.820. The van der Waals surface area contributed by atoms with Gasteiger partial charge in [-0.15, -0.1) is 0 Å². The fourth-order valence-electron chi connectivity index (χ4n) is 1.09. The summed E-state index contributed by atoms with van der Waals surface area (Å²) in [6.45, 7) is 5.25. The van der Waals surface area contributed by atoms with E-state index in [-0.39, 0.29) is 5.91 Å². The van der Waals surface area contributed by atoms with Crippen LogP contribution in [-0.2, 0) is 4.79 Å². The largest absolute Gasteiger partial charge is 0.387 e. The highest BCUT2D eigenvalue weighted by atomic mass is 32.2. The summed E-state index contributed by atoms with van der Waals surface area (Å²) in [6.07, 6.45) is 2.94. The number of rotatable bonds is 8. The molecule has 90 valence electrons. The molecule has 3 N–H and O–H groups in total. The van der Waals surface area contributed by atoms with Crippen molar-refractivity contribution in [1.29, 1.82) is 0 Å². The van der Waals surface area contributed by atoms with Crippen molar-refractivity contribution in [3.63, 3.8) is 0 Å². The predicted molar refractivity (Wildman–Crippen MR) is 65.2 cm³/mol. The monoisotopic (exact) mass is 234 g/mol. The molecule has 0 saturated carbocycles. The van der Waals surface area contributed by atoms with Gasteiger partial charge in [-0.2, -0.15) is 11.8 Å². The van der Waals surface area contributed by atoms with Crippen LogP contribution in [0.5, 0.6) is 0 Å². The molecule has 0 radical (unpaired) electrons. The zero-order chi connectivity index (χ0) is 11.7. The van der Waals surface area contributed by atoms with Crippen molar-refractivity contribution in [2.75, 3.05) is 31.6 Å². The van der Waals surface area contributed by atoms with Gasteiger partial charge in [-0.1, -0.05) is 6.92 Å². The highest BCUT2D eigenvalue weighted by Gasteiger charge is 2.19. The normalized spacial score (nSPS) is 14.7. The molecule has 5 heteroatoms. The molecule has 0 aromatic carbocycles. The fraction of sp³-hybridized carbons (Fsp3) is 0.900. The molecule has 0 saturated heterocycles. The van der Waals surface area contributed by atoms with Crippen LogP contribution in [0.2, 0.25) is 0 Å². The standard InChI is InChI=1S/C10H22N2O2S/c1-4-5-11-6-9(13)12-7-10(2,14)8-15-3/h11,14H,4-8H2,1-3H3,(H,12,13). The topological polar surface area (TPSA) is 61.4 Å². The number of aliphatic hydroxyl groups is 1. The van der Waals surface area contributed by atoms with Crippen LogP contribution in [0.15, 0.2) is 0 Å². The van der Waals surface area contributed by atoms with E-state index < -0.39 is 5.60 Å². The average Bonchev–Trinajstić information content (AvgIpc) is 2.15. The minimum atomic E-state index is -0.820. The second-order valence-electron chi connectivity index (χ2n) is 3.88. The van der Waals surface area contributed by atoms with Gasteiger partial charge in [0.15, 0.2) is 0 Å². The number of nitrogens with one attached hydrogen (secondary N) is 2. The Balaban J connectivity index is 3.60. The van der Waals surface area contributed by atoms with Crippen molar-refractivity contribution >= 4 is 17.7 Å². The molecule has 0 bridgehead atoms. The molecule has 15 heavy (non-hydrogen) atoms. The zero-order valence-electron chi connectivity index (χ0n) is 9.80. The van der Waals surface area contributed by atoms with E-state index in [1.165, 1.54) is 0 Å². The van der Waals surface area contributed by atoms with E-state index in [9.17, 15) is 9.90 Å². The van der Waals surface area contributed by atoms with Gasteiger partial charge in [0, 0.05) is 12.3 Å². The Bertz CT molecular complexity index is 186. The first-order chi connectivity index (χ1) is 7.02. The van der Waals surface area contributed by atoms with Gasteiger partial charge in [-0.3, -0.25) is 4.79 Å². The number of hydrogen-bond donors (Lipinski definition) is 3. The summed E-state index contributed by atoms with van der Waals surface area (Å²) in [4.78, 5) is 11.3. The van der Waals surface area contributed by atoms with E-state index in [2.05, 4.69) is 10.6 Å². The Morgan fingerprint density at radius 1 is 1.53 bits per heavy atom.